The van der Waals surface area contributed by atoms with Crippen molar-refractivity contribution in [2.75, 3.05) is 5.43 Å². The van der Waals surface area contributed by atoms with Gasteiger partial charge in [-0.15, -0.1) is 0 Å². The lowest BCUT2D eigenvalue weighted by Gasteiger charge is -2.09. The first kappa shape index (κ1) is 17.8. The van der Waals surface area contributed by atoms with Crippen LogP contribution in [0.4, 0.5) is 5.95 Å². The molecule has 0 amide bonds. The Morgan fingerprint density at radius 1 is 0.964 bits per heavy atom. The van der Waals surface area contributed by atoms with Gasteiger partial charge in [-0.2, -0.15) is 10.4 Å². The van der Waals surface area contributed by atoms with Gasteiger partial charge in [-0.25, -0.2) is 15.4 Å². The summed E-state index contributed by atoms with van der Waals surface area (Å²) < 4.78 is 0.969. The molecule has 0 aliphatic heterocycles. The van der Waals surface area contributed by atoms with Crippen molar-refractivity contribution in [2.45, 2.75) is 0 Å². The van der Waals surface area contributed by atoms with Crippen molar-refractivity contribution in [3.8, 4) is 17.3 Å². The second-order valence-electron chi connectivity index (χ2n) is 6.03. The molecule has 0 atom stereocenters. The van der Waals surface area contributed by atoms with Crippen molar-refractivity contribution in [1.29, 1.82) is 5.26 Å². The molecule has 6 heteroatoms. The van der Waals surface area contributed by atoms with Crippen LogP contribution in [-0.4, -0.2) is 16.2 Å². The number of anilines is 1. The van der Waals surface area contributed by atoms with Gasteiger partial charge in [0.1, 0.15) is 0 Å². The maximum Gasteiger partial charge on any atom is 0.244 e. The summed E-state index contributed by atoms with van der Waals surface area (Å²) >= 11 is 3.52. The Hall–Kier alpha value is -3.56. The van der Waals surface area contributed by atoms with Crippen LogP contribution in [0.15, 0.2) is 82.4 Å². The summed E-state index contributed by atoms with van der Waals surface area (Å²) in [5.41, 5.74) is 6.96. The summed E-state index contributed by atoms with van der Waals surface area (Å²) in [6.45, 7) is 0. The smallest absolute Gasteiger partial charge is 0.244 e. The molecule has 28 heavy (non-hydrogen) atoms. The number of halogens is 1. The number of nitrogens with zero attached hydrogens (tertiary/aromatic N) is 4. The van der Waals surface area contributed by atoms with Gasteiger partial charge in [-0.3, -0.25) is 0 Å². The van der Waals surface area contributed by atoms with Gasteiger partial charge in [-0.05, 0) is 35.9 Å². The predicted molar refractivity (Wildman–Crippen MR) is 115 cm³/mol. The lowest BCUT2D eigenvalue weighted by Crippen LogP contribution is -2.00. The molecule has 5 nitrogen and oxygen atoms in total. The molecule has 0 aliphatic carbocycles. The molecule has 1 aromatic heterocycles. The minimum Gasteiger partial charge on any atom is -0.245 e. The number of nitrogens with one attached hydrogen (secondary N) is 1. The molecule has 0 bridgehead atoms. The highest BCUT2D eigenvalue weighted by atomic mass is 79.9. The Morgan fingerprint density at radius 3 is 2.64 bits per heavy atom. The zero-order valence-electron chi connectivity index (χ0n) is 14.7. The van der Waals surface area contributed by atoms with Crippen LogP contribution in [0.2, 0.25) is 0 Å². The van der Waals surface area contributed by atoms with Crippen molar-refractivity contribution in [3.05, 3.63) is 88.4 Å². The average molecular weight is 428 g/mol. The van der Waals surface area contributed by atoms with Gasteiger partial charge < -0.3 is 0 Å². The lowest BCUT2D eigenvalue weighted by atomic mass is 10.1. The molecule has 0 saturated heterocycles. The first-order chi connectivity index (χ1) is 13.7. The predicted octanol–water partition coefficient (Wildman–Crippen LogP) is 5.38. The van der Waals surface area contributed by atoms with Crippen LogP contribution < -0.4 is 5.43 Å². The quantitative estimate of drug-likeness (QED) is 0.350. The van der Waals surface area contributed by atoms with E-state index < -0.39 is 0 Å². The Bertz CT molecular complexity index is 1210. The zero-order chi connectivity index (χ0) is 19.3. The number of benzene rings is 3. The van der Waals surface area contributed by atoms with Gasteiger partial charge in [0.15, 0.2) is 0 Å². The number of nitriles is 1. The highest BCUT2D eigenvalue weighted by molar-refractivity contribution is 9.10. The SMILES string of the molecule is N#Cc1cccc(/C=N/Nc2nc(-c3ccccc3)c3cc(Br)ccc3n2)c1. The van der Waals surface area contributed by atoms with Crippen LogP contribution in [0.5, 0.6) is 0 Å². The van der Waals surface area contributed by atoms with E-state index in [1.54, 1.807) is 18.3 Å². The summed E-state index contributed by atoms with van der Waals surface area (Å²) in [7, 11) is 0. The zero-order valence-corrected chi connectivity index (χ0v) is 16.3. The van der Waals surface area contributed by atoms with Crippen LogP contribution in [0.3, 0.4) is 0 Å². The number of fused-ring (bicyclic) bond motifs is 1. The van der Waals surface area contributed by atoms with Gasteiger partial charge in [-0.1, -0.05) is 58.4 Å². The minimum absolute atomic E-state index is 0.404. The molecular weight excluding hydrogens is 414 g/mol. The number of aromatic nitrogens is 2. The fourth-order valence-electron chi connectivity index (χ4n) is 2.82. The Balaban J connectivity index is 1.71. The molecule has 4 aromatic rings. The maximum absolute atomic E-state index is 8.99. The van der Waals surface area contributed by atoms with E-state index in [0.717, 1.165) is 32.2 Å². The first-order valence-electron chi connectivity index (χ1n) is 8.55. The van der Waals surface area contributed by atoms with Crippen molar-refractivity contribution in [1.82, 2.24) is 9.97 Å². The number of hydrogen-bond donors (Lipinski definition) is 1. The number of rotatable bonds is 4. The second kappa shape index (κ2) is 7.99. The summed E-state index contributed by atoms with van der Waals surface area (Å²) in [5, 5.41) is 14.2. The van der Waals surface area contributed by atoms with E-state index in [4.69, 9.17) is 5.26 Å². The van der Waals surface area contributed by atoms with E-state index in [-0.39, 0.29) is 0 Å². The van der Waals surface area contributed by atoms with E-state index in [1.807, 2.05) is 60.7 Å². The highest BCUT2D eigenvalue weighted by Crippen LogP contribution is 2.29. The van der Waals surface area contributed by atoms with E-state index >= 15 is 0 Å². The van der Waals surface area contributed by atoms with Gasteiger partial charge >= 0.3 is 0 Å². The topological polar surface area (TPSA) is 74.0 Å². The third-order valence-corrected chi connectivity index (χ3v) is 4.59. The Labute approximate surface area is 170 Å². The molecule has 0 radical (unpaired) electrons. The van der Waals surface area contributed by atoms with Gasteiger partial charge in [0.05, 0.1) is 29.1 Å². The number of hydrazone groups is 1. The molecule has 134 valence electrons. The van der Waals surface area contributed by atoms with E-state index in [2.05, 4.69) is 42.5 Å². The van der Waals surface area contributed by atoms with Gasteiger partial charge in [0, 0.05) is 15.4 Å². The highest BCUT2D eigenvalue weighted by Gasteiger charge is 2.10. The Kier molecular flexibility index (Phi) is 5.09. The number of hydrogen-bond acceptors (Lipinski definition) is 5. The van der Waals surface area contributed by atoms with Crippen molar-refractivity contribution in [2.24, 2.45) is 5.10 Å². The minimum atomic E-state index is 0.404. The molecule has 0 spiro atoms. The van der Waals surface area contributed by atoms with Crippen LogP contribution in [0.25, 0.3) is 22.2 Å². The van der Waals surface area contributed by atoms with Crippen LogP contribution in [0, 0.1) is 11.3 Å². The molecular formula is C22H14BrN5. The third-order valence-electron chi connectivity index (χ3n) is 4.10. The first-order valence-corrected chi connectivity index (χ1v) is 9.34. The molecule has 3 aromatic carbocycles. The molecule has 0 aliphatic rings. The van der Waals surface area contributed by atoms with Crippen molar-refractivity contribution >= 4 is 39.0 Å². The van der Waals surface area contributed by atoms with Crippen LogP contribution in [0.1, 0.15) is 11.1 Å². The fraction of sp³-hybridized carbons (Fsp3) is 0. The summed E-state index contributed by atoms with van der Waals surface area (Å²) in [6.07, 6.45) is 1.64. The van der Waals surface area contributed by atoms with E-state index in [9.17, 15) is 0 Å². The summed E-state index contributed by atoms with van der Waals surface area (Å²) in [4.78, 5) is 9.23. The normalized spacial score (nSPS) is 10.9. The van der Waals surface area contributed by atoms with Gasteiger partial charge in [0.2, 0.25) is 5.95 Å². The van der Waals surface area contributed by atoms with Crippen LogP contribution in [-0.2, 0) is 0 Å². The monoisotopic (exact) mass is 427 g/mol. The average Bonchev–Trinajstić information content (AvgIpc) is 2.74. The van der Waals surface area contributed by atoms with E-state index in [0.29, 0.717) is 11.5 Å². The molecule has 4 rings (SSSR count). The molecule has 0 unspecified atom stereocenters. The maximum atomic E-state index is 8.99. The molecule has 1 N–H and O–H groups in total. The standard InChI is InChI=1S/C22H14BrN5/c23-18-9-10-20-19(12-18)21(17-7-2-1-3-8-17)27-22(26-20)28-25-14-16-6-4-5-15(11-16)13-24/h1-12,14H,(H,26,27,28)/b25-14+. The lowest BCUT2D eigenvalue weighted by molar-refractivity contribution is 1.15. The second-order valence-corrected chi connectivity index (χ2v) is 6.95. The molecule has 0 fully saturated rings. The molecule has 0 saturated carbocycles. The molecule has 1 heterocycles. The van der Waals surface area contributed by atoms with E-state index in [1.165, 1.54) is 0 Å². The van der Waals surface area contributed by atoms with Crippen molar-refractivity contribution in [3.63, 3.8) is 0 Å². The van der Waals surface area contributed by atoms with Crippen LogP contribution >= 0.6 is 15.9 Å². The third kappa shape index (κ3) is 3.90. The summed E-state index contributed by atoms with van der Waals surface area (Å²) in [6, 6.07) is 25.2. The van der Waals surface area contributed by atoms with Gasteiger partial charge in [0.25, 0.3) is 0 Å². The Morgan fingerprint density at radius 2 is 1.82 bits per heavy atom. The largest absolute Gasteiger partial charge is 0.245 e. The van der Waals surface area contributed by atoms with Crippen molar-refractivity contribution < 1.29 is 0 Å². The summed E-state index contributed by atoms with van der Waals surface area (Å²) in [5.74, 6) is 0.404. The fourth-order valence-corrected chi connectivity index (χ4v) is 3.18.